The number of aromatic nitrogens is 3. The van der Waals surface area contributed by atoms with Gasteiger partial charge in [-0.15, -0.1) is 11.3 Å². The summed E-state index contributed by atoms with van der Waals surface area (Å²) >= 11 is 7.76. The number of hydrogen-bond acceptors (Lipinski definition) is 4. The number of hydrogen-bond donors (Lipinski definition) is 1. The third-order valence-electron chi connectivity index (χ3n) is 2.43. The van der Waals surface area contributed by atoms with Gasteiger partial charge in [-0.2, -0.15) is 5.10 Å². The molecule has 16 heavy (non-hydrogen) atoms. The Morgan fingerprint density at radius 2 is 2.31 bits per heavy atom. The van der Waals surface area contributed by atoms with Crippen molar-refractivity contribution in [3.63, 3.8) is 0 Å². The summed E-state index contributed by atoms with van der Waals surface area (Å²) in [5, 5.41) is 11.1. The average Bonchev–Trinajstić information content (AvgIpc) is 2.80. The molecule has 0 amide bonds. The van der Waals surface area contributed by atoms with Crippen molar-refractivity contribution < 1.29 is 0 Å². The van der Waals surface area contributed by atoms with E-state index in [9.17, 15) is 0 Å². The Bertz CT molecular complexity index is 471. The third-order valence-corrected chi connectivity index (χ3v) is 3.52. The average molecular weight is 257 g/mol. The van der Waals surface area contributed by atoms with E-state index in [1.54, 1.807) is 22.2 Å². The van der Waals surface area contributed by atoms with Crippen LogP contribution in [0.15, 0.2) is 11.6 Å². The molecule has 0 aromatic carbocycles. The van der Waals surface area contributed by atoms with E-state index in [-0.39, 0.29) is 6.04 Å². The van der Waals surface area contributed by atoms with Gasteiger partial charge in [-0.25, -0.2) is 4.98 Å². The normalized spacial score (nSPS) is 13.0. The van der Waals surface area contributed by atoms with E-state index in [0.717, 1.165) is 16.4 Å². The van der Waals surface area contributed by atoms with Gasteiger partial charge in [0.25, 0.3) is 0 Å². The second-order valence-corrected chi connectivity index (χ2v) is 4.98. The van der Waals surface area contributed by atoms with Gasteiger partial charge in [0.05, 0.1) is 33.7 Å². The molecule has 1 atom stereocenters. The highest BCUT2D eigenvalue weighted by atomic mass is 35.5. The van der Waals surface area contributed by atoms with E-state index in [2.05, 4.69) is 15.4 Å². The van der Waals surface area contributed by atoms with E-state index >= 15 is 0 Å². The molecule has 1 N–H and O–H groups in total. The second-order valence-electron chi connectivity index (χ2n) is 3.51. The number of rotatable bonds is 3. The Balaban J connectivity index is 2.44. The molecular weight excluding hydrogens is 244 g/mol. The maximum absolute atomic E-state index is 6.13. The zero-order chi connectivity index (χ0) is 11.7. The molecule has 2 aromatic rings. The lowest BCUT2D eigenvalue weighted by Gasteiger charge is -2.14. The molecule has 86 valence electrons. The van der Waals surface area contributed by atoms with E-state index in [1.807, 2.05) is 26.4 Å². The quantitative estimate of drug-likeness (QED) is 0.915. The summed E-state index contributed by atoms with van der Waals surface area (Å²) in [5.41, 5.74) is 1.92. The Kier molecular flexibility index (Phi) is 3.28. The van der Waals surface area contributed by atoms with Crippen molar-refractivity contribution >= 4 is 22.9 Å². The molecule has 1 unspecified atom stereocenters. The van der Waals surface area contributed by atoms with Crippen LogP contribution in [0.2, 0.25) is 5.02 Å². The highest BCUT2D eigenvalue weighted by Gasteiger charge is 2.21. The van der Waals surface area contributed by atoms with Crippen LogP contribution in [-0.2, 0) is 7.05 Å². The monoisotopic (exact) mass is 256 g/mol. The fourth-order valence-electron chi connectivity index (χ4n) is 1.68. The minimum Gasteiger partial charge on any atom is -0.307 e. The van der Waals surface area contributed by atoms with Crippen molar-refractivity contribution in [3.05, 3.63) is 33.0 Å². The highest BCUT2D eigenvalue weighted by molar-refractivity contribution is 7.09. The van der Waals surface area contributed by atoms with Gasteiger partial charge in [-0.1, -0.05) is 11.6 Å². The van der Waals surface area contributed by atoms with Crippen molar-refractivity contribution in [2.75, 3.05) is 7.05 Å². The molecule has 0 bridgehead atoms. The second kappa shape index (κ2) is 4.53. The lowest BCUT2D eigenvalue weighted by Crippen LogP contribution is -2.21. The minimum absolute atomic E-state index is 0.00931. The zero-order valence-corrected chi connectivity index (χ0v) is 10.9. The van der Waals surface area contributed by atoms with E-state index < -0.39 is 0 Å². The van der Waals surface area contributed by atoms with Crippen molar-refractivity contribution in [2.24, 2.45) is 7.05 Å². The molecule has 0 saturated heterocycles. The molecule has 2 heterocycles. The Morgan fingerprint density at radius 1 is 1.56 bits per heavy atom. The van der Waals surface area contributed by atoms with Gasteiger partial charge in [0, 0.05) is 12.4 Å². The zero-order valence-electron chi connectivity index (χ0n) is 9.36. The lowest BCUT2D eigenvalue weighted by atomic mass is 10.1. The number of nitrogens with zero attached hydrogens (tertiary/aromatic N) is 3. The van der Waals surface area contributed by atoms with Gasteiger partial charge < -0.3 is 5.32 Å². The SMILES string of the molecule is CNC(c1csc(C)n1)c1c(Cl)cnn1C. The molecule has 0 aliphatic carbocycles. The van der Waals surface area contributed by atoms with E-state index in [4.69, 9.17) is 11.6 Å². The molecule has 0 saturated carbocycles. The fourth-order valence-corrected chi connectivity index (χ4v) is 2.60. The summed E-state index contributed by atoms with van der Waals surface area (Å²) in [6.07, 6.45) is 1.65. The first-order valence-electron chi connectivity index (χ1n) is 4.90. The van der Waals surface area contributed by atoms with Crippen LogP contribution in [0.1, 0.15) is 22.4 Å². The molecule has 6 heteroatoms. The molecule has 0 aliphatic heterocycles. The highest BCUT2D eigenvalue weighted by Crippen LogP contribution is 2.28. The smallest absolute Gasteiger partial charge is 0.0943 e. The summed E-state index contributed by atoms with van der Waals surface area (Å²) in [6.45, 7) is 1.99. The lowest BCUT2D eigenvalue weighted by molar-refractivity contribution is 0.596. The largest absolute Gasteiger partial charge is 0.307 e. The Hall–Kier alpha value is -0.910. The van der Waals surface area contributed by atoms with Crippen LogP contribution in [-0.4, -0.2) is 21.8 Å². The maximum Gasteiger partial charge on any atom is 0.0943 e. The van der Waals surface area contributed by atoms with Crippen LogP contribution in [0, 0.1) is 6.92 Å². The van der Waals surface area contributed by atoms with Gasteiger partial charge in [0.1, 0.15) is 0 Å². The molecule has 2 aromatic heterocycles. The number of halogens is 1. The summed E-state index contributed by atoms with van der Waals surface area (Å²) in [5.74, 6) is 0. The maximum atomic E-state index is 6.13. The van der Waals surface area contributed by atoms with Gasteiger partial charge in [-0.3, -0.25) is 4.68 Å². The molecule has 4 nitrogen and oxygen atoms in total. The van der Waals surface area contributed by atoms with E-state index in [0.29, 0.717) is 5.02 Å². The first kappa shape index (κ1) is 11.6. The van der Waals surface area contributed by atoms with E-state index in [1.165, 1.54) is 0 Å². The first-order valence-corrected chi connectivity index (χ1v) is 6.16. The molecular formula is C10H13ClN4S. The van der Waals surface area contributed by atoms with Crippen molar-refractivity contribution in [3.8, 4) is 0 Å². The van der Waals surface area contributed by atoms with Gasteiger partial charge in [0.2, 0.25) is 0 Å². The predicted octanol–water partition coefficient (Wildman–Crippen LogP) is 2.15. The van der Waals surface area contributed by atoms with Crippen LogP contribution in [0.25, 0.3) is 0 Å². The third kappa shape index (κ3) is 1.98. The van der Waals surface area contributed by atoms with Crippen molar-refractivity contribution in [1.29, 1.82) is 0 Å². The minimum atomic E-state index is -0.00931. The summed E-state index contributed by atoms with van der Waals surface area (Å²) in [4.78, 5) is 4.48. The van der Waals surface area contributed by atoms with Gasteiger partial charge in [-0.05, 0) is 14.0 Å². The molecule has 2 rings (SSSR count). The molecule has 0 aliphatic rings. The number of nitrogens with one attached hydrogen (secondary N) is 1. The van der Waals surface area contributed by atoms with Crippen LogP contribution in [0.5, 0.6) is 0 Å². The van der Waals surface area contributed by atoms with Crippen molar-refractivity contribution in [2.45, 2.75) is 13.0 Å². The predicted molar refractivity (Wildman–Crippen MR) is 66.0 cm³/mol. The first-order chi connectivity index (χ1) is 7.63. The van der Waals surface area contributed by atoms with Gasteiger partial charge in [0.15, 0.2) is 0 Å². The van der Waals surface area contributed by atoms with Crippen molar-refractivity contribution in [1.82, 2.24) is 20.1 Å². The van der Waals surface area contributed by atoms with Crippen LogP contribution >= 0.6 is 22.9 Å². The standard InChI is InChI=1S/C10H13ClN4S/c1-6-14-8(5-16-6)9(12-2)10-7(11)4-13-15(10)3/h4-5,9,12H,1-3H3. The molecule has 0 spiro atoms. The number of thiazole rings is 1. The Labute approximate surface area is 103 Å². The Morgan fingerprint density at radius 3 is 2.75 bits per heavy atom. The van der Waals surface area contributed by atoms with Crippen LogP contribution < -0.4 is 5.32 Å². The summed E-state index contributed by atoms with van der Waals surface area (Å²) < 4.78 is 1.78. The molecule has 0 fully saturated rings. The number of aryl methyl sites for hydroxylation is 2. The summed E-state index contributed by atoms with van der Waals surface area (Å²) in [7, 11) is 3.77. The molecule has 0 radical (unpaired) electrons. The van der Waals surface area contributed by atoms with Crippen LogP contribution in [0.3, 0.4) is 0 Å². The summed E-state index contributed by atoms with van der Waals surface area (Å²) in [6, 6.07) is -0.00931. The fraction of sp³-hybridized carbons (Fsp3) is 0.400. The van der Waals surface area contributed by atoms with Crippen LogP contribution in [0.4, 0.5) is 0 Å². The van der Waals surface area contributed by atoms with Gasteiger partial charge >= 0.3 is 0 Å². The topological polar surface area (TPSA) is 42.7 Å².